The molecule has 3 aromatic rings. The second-order valence-corrected chi connectivity index (χ2v) is 11.8. The fourth-order valence-corrected chi connectivity index (χ4v) is 5.03. The van der Waals surface area contributed by atoms with Crippen LogP contribution in [0.3, 0.4) is 0 Å². The van der Waals surface area contributed by atoms with Crippen LogP contribution < -0.4 is 27.0 Å². The fourth-order valence-electron chi connectivity index (χ4n) is 5.03. The van der Waals surface area contributed by atoms with Crippen LogP contribution in [0.5, 0.6) is 0 Å². The summed E-state index contributed by atoms with van der Waals surface area (Å²) in [5.74, 6) is 0. The van der Waals surface area contributed by atoms with Gasteiger partial charge in [-0.2, -0.15) is 0 Å². The average Bonchev–Trinajstić information content (AvgIpc) is 3.02. The van der Waals surface area contributed by atoms with Crippen LogP contribution in [0.2, 0.25) is 0 Å². The molecule has 0 unspecified atom stereocenters. The van der Waals surface area contributed by atoms with Gasteiger partial charge in [0.25, 0.3) is 0 Å². The SMILES string of the molecule is CCCCCCCCCCCCCCCCCCCCc1ccc(B([O-])[O-])cc1.[NH3+]c1ccccc1.[NH3+]c1ccccc1. The first kappa shape index (κ1) is 38.6. The lowest BCUT2D eigenvalue weighted by Gasteiger charge is -2.26. The van der Waals surface area contributed by atoms with Crippen LogP contribution >= 0.6 is 0 Å². The molecule has 0 saturated heterocycles. The van der Waals surface area contributed by atoms with E-state index >= 15 is 0 Å². The van der Waals surface area contributed by atoms with Crippen LogP contribution in [0, 0.1) is 0 Å². The molecule has 0 aliphatic rings. The third-order valence-corrected chi connectivity index (χ3v) is 7.76. The summed E-state index contributed by atoms with van der Waals surface area (Å²) in [5, 5.41) is 21.6. The Labute approximate surface area is 264 Å². The monoisotopic (exact) mass is 588 g/mol. The smallest absolute Gasteiger partial charge is 0.127 e. The van der Waals surface area contributed by atoms with Gasteiger partial charge in [0.1, 0.15) is 11.4 Å². The van der Waals surface area contributed by atoms with Gasteiger partial charge < -0.3 is 21.5 Å². The number of hydrogen-bond donors (Lipinski definition) is 2. The molecule has 0 radical (unpaired) electrons. The van der Waals surface area contributed by atoms with Crippen molar-refractivity contribution in [2.45, 2.75) is 129 Å². The minimum atomic E-state index is -1.85. The highest BCUT2D eigenvalue weighted by atomic mass is 16.4. The van der Waals surface area contributed by atoms with E-state index in [1.54, 1.807) is 12.1 Å². The number of hydrogen-bond acceptors (Lipinski definition) is 2. The third kappa shape index (κ3) is 24.7. The molecule has 0 saturated carbocycles. The van der Waals surface area contributed by atoms with Crippen LogP contribution in [0.25, 0.3) is 0 Å². The van der Waals surface area contributed by atoms with E-state index in [4.69, 9.17) is 0 Å². The van der Waals surface area contributed by atoms with Crippen molar-refractivity contribution in [2.75, 3.05) is 0 Å². The summed E-state index contributed by atoms with van der Waals surface area (Å²) in [6.45, 7) is 2.29. The zero-order valence-corrected chi connectivity index (χ0v) is 27.3. The minimum Gasteiger partial charge on any atom is -0.889 e. The maximum Gasteiger partial charge on any atom is 0.127 e. The van der Waals surface area contributed by atoms with Gasteiger partial charge in [0, 0.05) is 0 Å². The minimum absolute atomic E-state index is 0.353. The Balaban J connectivity index is 0.000000529. The van der Waals surface area contributed by atoms with Crippen LogP contribution in [0.4, 0.5) is 11.4 Å². The van der Waals surface area contributed by atoms with Crippen molar-refractivity contribution >= 4 is 24.0 Å². The molecule has 0 aromatic heterocycles. The Kier molecular flexibility index (Phi) is 25.4. The fraction of sp³-hybridized carbons (Fsp3) is 0.526. The summed E-state index contributed by atoms with van der Waals surface area (Å²) in [6.07, 6.45) is 26.3. The van der Waals surface area contributed by atoms with E-state index in [0.29, 0.717) is 5.46 Å². The third-order valence-electron chi connectivity index (χ3n) is 7.76. The molecule has 4 nitrogen and oxygen atoms in total. The molecular formula is C38H61BN2O2. The van der Waals surface area contributed by atoms with Crippen LogP contribution in [0.1, 0.15) is 128 Å². The van der Waals surface area contributed by atoms with Gasteiger partial charge in [0.2, 0.25) is 0 Å². The summed E-state index contributed by atoms with van der Waals surface area (Å²) in [7, 11) is -1.85. The molecule has 0 amide bonds. The van der Waals surface area contributed by atoms with E-state index in [-0.39, 0.29) is 0 Å². The molecule has 0 aliphatic carbocycles. The highest BCUT2D eigenvalue weighted by Crippen LogP contribution is 2.15. The Bertz CT molecular complexity index is 931. The van der Waals surface area contributed by atoms with Gasteiger partial charge in [-0.1, -0.05) is 184 Å². The summed E-state index contributed by atoms with van der Waals surface area (Å²) in [4.78, 5) is 0. The van der Waals surface area contributed by atoms with E-state index in [1.165, 1.54) is 121 Å². The van der Waals surface area contributed by atoms with Crippen molar-refractivity contribution in [3.63, 3.8) is 0 Å². The lowest BCUT2D eigenvalue weighted by molar-refractivity contribution is -0.341. The van der Waals surface area contributed by atoms with Crippen molar-refractivity contribution in [3.05, 3.63) is 90.5 Å². The Morgan fingerprint density at radius 3 is 1.05 bits per heavy atom. The van der Waals surface area contributed by atoms with Gasteiger partial charge in [-0.05, 0) is 42.7 Å². The van der Waals surface area contributed by atoms with Gasteiger partial charge in [-0.15, -0.1) is 5.46 Å². The van der Waals surface area contributed by atoms with Crippen molar-refractivity contribution in [1.82, 2.24) is 0 Å². The van der Waals surface area contributed by atoms with E-state index in [1.807, 2.05) is 72.8 Å². The second-order valence-electron chi connectivity index (χ2n) is 11.8. The first-order valence-corrected chi connectivity index (χ1v) is 17.2. The maximum absolute atomic E-state index is 10.8. The predicted octanol–water partition coefficient (Wildman–Crippen LogP) is 6.81. The van der Waals surface area contributed by atoms with Crippen molar-refractivity contribution < 1.29 is 21.5 Å². The van der Waals surface area contributed by atoms with Crippen molar-refractivity contribution in [1.29, 1.82) is 0 Å². The average molecular weight is 589 g/mol. The summed E-state index contributed by atoms with van der Waals surface area (Å²) < 4.78 is 0. The zero-order valence-electron chi connectivity index (χ0n) is 27.3. The first-order chi connectivity index (χ1) is 21.0. The summed E-state index contributed by atoms with van der Waals surface area (Å²) in [6, 6.07) is 27.0. The molecule has 43 heavy (non-hydrogen) atoms. The van der Waals surface area contributed by atoms with Gasteiger partial charge in [-0.25, -0.2) is 0 Å². The Hall–Kier alpha value is -2.44. The molecule has 0 bridgehead atoms. The molecule has 0 atom stereocenters. The van der Waals surface area contributed by atoms with Crippen LogP contribution in [0.15, 0.2) is 84.9 Å². The van der Waals surface area contributed by atoms with E-state index in [0.717, 1.165) is 17.8 Å². The Morgan fingerprint density at radius 1 is 0.442 bits per heavy atom. The summed E-state index contributed by atoms with van der Waals surface area (Å²) >= 11 is 0. The van der Waals surface area contributed by atoms with Gasteiger partial charge in [-0.3, -0.25) is 0 Å². The topological polar surface area (TPSA) is 101 Å². The molecule has 238 valence electrons. The zero-order chi connectivity index (χ0) is 31.2. The molecule has 3 rings (SSSR count). The highest BCUT2D eigenvalue weighted by Gasteiger charge is 1.97. The molecule has 0 spiro atoms. The molecule has 5 heteroatoms. The van der Waals surface area contributed by atoms with Gasteiger partial charge in [0.05, 0.1) is 0 Å². The largest absolute Gasteiger partial charge is 0.889 e. The van der Waals surface area contributed by atoms with Crippen LogP contribution in [-0.2, 0) is 6.42 Å². The predicted molar refractivity (Wildman–Crippen MR) is 182 cm³/mol. The first-order valence-electron chi connectivity index (χ1n) is 17.2. The van der Waals surface area contributed by atoms with Crippen LogP contribution in [-0.4, -0.2) is 7.12 Å². The summed E-state index contributed by atoms with van der Waals surface area (Å²) in [5.41, 5.74) is 11.2. The maximum atomic E-state index is 10.8. The molecular weight excluding hydrogens is 527 g/mol. The molecule has 0 heterocycles. The van der Waals surface area contributed by atoms with Crippen molar-refractivity contribution in [2.24, 2.45) is 0 Å². The molecule has 0 aliphatic heterocycles. The second kappa shape index (κ2) is 28.3. The van der Waals surface area contributed by atoms with E-state index < -0.39 is 7.12 Å². The molecule has 3 aromatic carbocycles. The van der Waals surface area contributed by atoms with Crippen molar-refractivity contribution in [3.8, 4) is 0 Å². The number of aryl methyl sites for hydroxylation is 1. The standard InChI is InChI=1S/C26H45BO2.2C6H7N/c1-2-3-4-5-6-7-8-9-10-11-12-13-14-15-16-17-18-19-20-25-21-23-26(24-22-25)27(28)29;2*7-6-4-2-1-3-5-6/h21-24H,2-20H2,1H3;2*1-5H,7H2/q-2;;/p+2. The lowest BCUT2D eigenvalue weighted by Crippen LogP contribution is -2.55. The van der Waals surface area contributed by atoms with E-state index in [9.17, 15) is 10.0 Å². The van der Waals surface area contributed by atoms with Gasteiger partial charge >= 0.3 is 0 Å². The normalized spacial score (nSPS) is 10.3. The van der Waals surface area contributed by atoms with E-state index in [2.05, 4.69) is 18.4 Å². The molecule has 0 fully saturated rings. The quantitative estimate of drug-likeness (QED) is 0.112. The lowest BCUT2D eigenvalue weighted by atomic mass is 9.80. The number of rotatable bonds is 20. The number of quaternary nitrogens is 2. The van der Waals surface area contributed by atoms with Gasteiger partial charge in [0.15, 0.2) is 0 Å². The Morgan fingerprint density at radius 2 is 0.767 bits per heavy atom. The number of benzene rings is 3. The molecule has 6 N–H and O–H groups in total. The number of unbranched alkanes of at least 4 members (excludes halogenated alkanes) is 17. The highest BCUT2D eigenvalue weighted by molar-refractivity contribution is 6.55.